The second kappa shape index (κ2) is 4.43. The Kier molecular flexibility index (Phi) is 3.74. The van der Waals surface area contributed by atoms with Crippen molar-refractivity contribution in [1.29, 1.82) is 0 Å². The Bertz CT molecular complexity index is 154. The largest absolute Gasteiger partial charge is 0.382 e. The van der Waals surface area contributed by atoms with Gasteiger partial charge in [0.2, 0.25) is 0 Å². The van der Waals surface area contributed by atoms with E-state index in [2.05, 4.69) is 20.8 Å². The van der Waals surface area contributed by atoms with Crippen molar-refractivity contribution in [3.05, 3.63) is 0 Å². The molecule has 0 saturated carbocycles. The van der Waals surface area contributed by atoms with Crippen LogP contribution in [0.1, 0.15) is 33.6 Å². The maximum absolute atomic E-state index is 5.77. The van der Waals surface area contributed by atoms with Gasteiger partial charge < -0.3 is 9.47 Å². The van der Waals surface area contributed by atoms with Crippen molar-refractivity contribution in [3.63, 3.8) is 0 Å². The van der Waals surface area contributed by atoms with Crippen molar-refractivity contribution < 1.29 is 9.47 Å². The molecule has 1 rings (SSSR count). The molecule has 2 nitrogen and oxygen atoms in total. The van der Waals surface area contributed by atoms with Crippen LogP contribution in [-0.4, -0.2) is 26.4 Å². The van der Waals surface area contributed by atoms with Crippen LogP contribution in [0.25, 0.3) is 0 Å². The smallest absolute Gasteiger partial charge is 0.0813 e. The number of hydrogen-bond acceptors (Lipinski definition) is 2. The summed E-state index contributed by atoms with van der Waals surface area (Å²) in [7, 11) is 1.74. The van der Waals surface area contributed by atoms with Crippen molar-refractivity contribution in [2.45, 2.75) is 39.7 Å². The number of ether oxygens (including phenoxy) is 2. The third-order valence-electron chi connectivity index (χ3n) is 2.65. The summed E-state index contributed by atoms with van der Waals surface area (Å²) in [4.78, 5) is 0. The minimum Gasteiger partial charge on any atom is -0.382 e. The monoisotopic (exact) mass is 186 g/mol. The molecule has 2 heteroatoms. The Morgan fingerprint density at radius 3 is 2.69 bits per heavy atom. The summed E-state index contributed by atoms with van der Waals surface area (Å²) < 4.78 is 10.9. The Morgan fingerprint density at radius 2 is 2.08 bits per heavy atom. The highest BCUT2D eigenvalue weighted by Gasteiger charge is 2.29. The third-order valence-corrected chi connectivity index (χ3v) is 2.65. The fourth-order valence-electron chi connectivity index (χ4n) is 2.35. The van der Waals surface area contributed by atoms with Crippen LogP contribution < -0.4 is 0 Å². The van der Waals surface area contributed by atoms with Crippen LogP contribution in [0.2, 0.25) is 0 Å². The van der Waals surface area contributed by atoms with Gasteiger partial charge in [0.1, 0.15) is 0 Å². The summed E-state index contributed by atoms with van der Waals surface area (Å²) >= 11 is 0. The summed E-state index contributed by atoms with van der Waals surface area (Å²) in [6, 6.07) is 0. The Morgan fingerprint density at radius 1 is 1.38 bits per heavy atom. The van der Waals surface area contributed by atoms with Gasteiger partial charge >= 0.3 is 0 Å². The van der Waals surface area contributed by atoms with Gasteiger partial charge in [-0.3, -0.25) is 0 Å². The van der Waals surface area contributed by atoms with E-state index in [1.807, 2.05) is 0 Å². The molecule has 1 heterocycles. The lowest BCUT2D eigenvalue weighted by atomic mass is 9.80. The van der Waals surface area contributed by atoms with E-state index in [1.165, 1.54) is 6.42 Å². The molecule has 78 valence electrons. The number of rotatable bonds is 2. The second-order valence-corrected chi connectivity index (χ2v) is 5.09. The number of hydrogen-bond donors (Lipinski definition) is 0. The molecule has 0 aliphatic carbocycles. The van der Waals surface area contributed by atoms with Gasteiger partial charge in [-0.15, -0.1) is 0 Å². The first-order valence-electron chi connectivity index (χ1n) is 5.14. The van der Waals surface area contributed by atoms with Crippen molar-refractivity contribution in [2.24, 2.45) is 11.3 Å². The molecule has 1 aliphatic heterocycles. The zero-order chi connectivity index (χ0) is 9.90. The molecule has 0 aromatic carbocycles. The molecule has 0 aromatic heterocycles. The van der Waals surface area contributed by atoms with Gasteiger partial charge in [-0.1, -0.05) is 20.8 Å². The molecule has 1 fully saturated rings. The van der Waals surface area contributed by atoms with Crippen LogP contribution in [0.5, 0.6) is 0 Å². The molecular weight excluding hydrogens is 164 g/mol. The van der Waals surface area contributed by atoms with E-state index >= 15 is 0 Å². The number of methoxy groups -OCH3 is 1. The van der Waals surface area contributed by atoms with Crippen LogP contribution in [0, 0.1) is 11.3 Å². The van der Waals surface area contributed by atoms with Crippen molar-refractivity contribution in [1.82, 2.24) is 0 Å². The molecule has 1 aliphatic rings. The zero-order valence-electron chi connectivity index (χ0n) is 9.30. The molecule has 0 radical (unpaired) electrons. The normalized spacial score (nSPS) is 34.2. The molecule has 0 aromatic rings. The average molecular weight is 186 g/mol. The summed E-state index contributed by atoms with van der Waals surface area (Å²) in [5, 5.41) is 0. The Balaban J connectivity index is 2.52. The molecule has 2 unspecified atom stereocenters. The van der Waals surface area contributed by atoms with Gasteiger partial charge in [-0.05, 0) is 24.2 Å². The van der Waals surface area contributed by atoms with Crippen molar-refractivity contribution in [2.75, 3.05) is 20.3 Å². The molecule has 2 atom stereocenters. The summed E-state index contributed by atoms with van der Waals surface area (Å²) in [6.07, 6.45) is 2.67. The minimum atomic E-state index is 0.296. The van der Waals surface area contributed by atoms with Crippen LogP contribution in [0.4, 0.5) is 0 Å². The SMILES string of the molecule is COCC1CC(C)(C)CC(C)CO1. The fourth-order valence-corrected chi connectivity index (χ4v) is 2.35. The lowest BCUT2D eigenvalue weighted by Gasteiger charge is -2.26. The maximum atomic E-state index is 5.77. The van der Waals surface area contributed by atoms with E-state index in [0.717, 1.165) is 19.6 Å². The Hall–Kier alpha value is -0.0800. The van der Waals surface area contributed by atoms with Crippen LogP contribution >= 0.6 is 0 Å². The predicted octanol–water partition coefficient (Wildman–Crippen LogP) is 2.47. The van der Waals surface area contributed by atoms with Crippen LogP contribution in [-0.2, 0) is 9.47 Å². The van der Waals surface area contributed by atoms with Gasteiger partial charge in [0.05, 0.1) is 12.7 Å². The van der Waals surface area contributed by atoms with Gasteiger partial charge in [0, 0.05) is 13.7 Å². The first kappa shape index (κ1) is 11.0. The zero-order valence-corrected chi connectivity index (χ0v) is 9.30. The molecular formula is C11H22O2. The molecule has 1 saturated heterocycles. The first-order chi connectivity index (χ1) is 6.03. The van der Waals surface area contributed by atoms with E-state index in [1.54, 1.807) is 7.11 Å². The molecule has 0 amide bonds. The van der Waals surface area contributed by atoms with E-state index in [0.29, 0.717) is 17.4 Å². The van der Waals surface area contributed by atoms with Gasteiger partial charge in [-0.2, -0.15) is 0 Å². The van der Waals surface area contributed by atoms with E-state index in [4.69, 9.17) is 9.47 Å². The van der Waals surface area contributed by atoms with Crippen LogP contribution in [0.3, 0.4) is 0 Å². The summed E-state index contributed by atoms with van der Waals surface area (Å²) in [5.41, 5.74) is 0.402. The maximum Gasteiger partial charge on any atom is 0.0813 e. The summed E-state index contributed by atoms with van der Waals surface area (Å²) in [6.45, 7) is 8.52. The van der Waals surface area contributed by atoms with E-state index < -0.39 is 0 Å². The highest BCUT2D eigenvalue weighted by atomic mass is 16.5. The van der Waals surface area contributed by atoms with Gasteiger partial charge in [-0.25, -0.2) is 0 Å². The fraction of sp³-hybridized carbons (Fsp3) is 1.00. The topological polar surface area (TPSA) is 18.5 Å². The molecule has 0 spiro atoms. The summed E-state index contributed by atoms with van der Waals surface area (Å²) in [5.74, 6) is 0.678. The Labute approximate surface area is 81.6 Å². The highest BCUT2D eigenvalue weighted by molar-refractivity contribution is 4.79. The first-order valence-corrected chi connectivity index (χ1v) is 5.14. The average Bonchev–Trinajstić information content (AvgIpc) is 2.09. The van der Waals surface area contributed by atoms with E-state index in [9.17, 15) is 0 Å². The predicted molar refractivity (Wildman–Crippen MR) is 53.8 cm³/mol. The highest BCUT2D eigenvalue weighted by Crippen LogP contribution is 2.34. The lowest BCUT2D eigenvalue weighted by molar-refractivity contribution is -0.0134. The minimum absolute atomic E-state index is 0.296. The second-order valence-electron chi connectivity index (χ2n) is 5.09. The third kappa shape index (κ3) is 3.65. The van der Waals surface area contributed by atoms with E-state index in [-0.39, 0.29) is 0 Å². The van der Waals surface area contributed by atoms with Gasteiger partial charge in [0.25, 0.3) is 0 Å². The van der Waals surface area contributed by atoms with Crippen LogP contribution in [0.15, 0.2) is 0 Å². The molecule has 0 bridgehead atoms. The van der Waals surface area contributed by atoms with Crippen molar-refractivity contribution in [3.8, 4) is 0 Å². The van der Waals surface area contributed by atoms with Crippen molar-refractivity contribution >= 4 is 0 Å². The molecule has 0 N–H and O–H groups in total. The van der Waals surface area contributed by atoms with Gasteiger partial charge in [0.15, 0.2) is 0 Å². The lowest BCUT2D eigenvalue weighted by Crippen LogP contribution is -2.24. The standard InChI is InChI=1S/C11H22O2/c1-9-5-11(2,3)6-10(8-12-4)13-7-9/h9-10H,5-8H2,1-4H3. The molecule has 13 heavy (non-hydrogen) atoms. The quantitative estimate of drug-likeness (QED) is 0.659.